The molecule has 2 heterocycles. The number of nitrogens with zero attached hydrogens (tertiary/aromatic N) is 3. The molecule has 1 saturated heterocycles. The van der Waals surface area contributed by atoms with Gasteiger partial charge in [-0.05, 0) is 20.8 Å². The van der Waals surface area contributed by atoms with E-state index < -0.39 is 51.5 Å². The Labute approximate surface area is 260 Å². The van der Waals surface area contributed by atoms with Crippen molar-refractivity contribution in [2.75, 3.05) is 5.73 Å². The number of carbonyl (C=O) groups excluding carboxylic acids is 2. The third-order valence-electron chi connectivity index (χ3n) is 3.72. The number of oxime groups is 1. The molecule has 2 amide bonds. The van der Waals surface area contributed by atoms with Gasteiger partial charge in [-0.1, -0.05) is 5.16 Å². The van der Waals surface area contributed by atoms with E-state index in [9.17, 15) is 27.4 Å². The average Bonchev–Trinajstić information content (AvgIpc) is 2.97. The standard InChI is InChI=1S/C13H17N5O8S2.2K/c1-5-7(10(20)18(5)28(23,24)25)16-9(19)8(6-4-27-12(14)15-6)17-26-13(2,3)11(21)22;;/h4-5,7H,1-3H3,(H2,14,15)(H,16,19)(H,21,22)(H,23,24,25);;/q;2*+1/p-1/b17-8-;;/t5-,7+;;/m0../s1. The number of nitrogen functional groups attached to an aromatic ring is 1. The van der Waals surface area contributed by atoms with E-state index in [4.69, 9.17) is 15.7 Å². The summed E-state index contributed by atoms with van der Waals surface area (Å²) in [6.45, 7) is 3.64. The molecule has 0 spiro atoms. The summed E-state index contributed by atoms with van der Waals surface area (Å²) in [6, 6.07) is -2.41. The Morgan fingerprint density at radius 1 is 1.43 bits per heavy atom. The van der Waals surface area contributed by atoms with Crippen LogP contribution in [-0.4, -0.2) is 68.5 Å². The first kappa shape index (κ1) is 30.5. The molecule has 0 aromatic carbocycles. The Balaban J connectivity index is 0.00000420. The van der Waals surface area contributed by atoms with Crippen LogP contribution in [0.25, 0.3) is 0 Å². The number of hydrogen-bond acceptors (Lipinski definition) is 11. The molecule has 17 heteroatoms. The minimum absolute atomic E-state index is 0. The Morgan fingerprint density at radius 2 is 2.00 bits per heavy atom. The van der Waals surface area contributed by atoms with E-state index in [1.807, 2.05) is 0 Å². The summed E-state index contributed by atoms with van der Waals surface area (Å²) in [6.07, 6.45) is 0. The van der Waals surface area contributed by atoms with Gasteiger partial charge in [0.25, 0.3) is 11.8 Å². The minimum atomic E-state index is -5.01. The third-order valence-corrected chi connectivity index (χ3v) is 5.39. The molecule has 1 aliphatic rings. The smallest absolute Gasteiger partial charge is 0.731 e. The SMILES string of the molecule is C[C@H]1[C@@H](NC(=O)/C(=N\OC(C)(C)C(=O)O)c2csc(N)n2)C(=O)N1S(=O)(=O)[O-].[K+].[K+]. The number of rotatable bonds is 7. The van der Waals surface area contributed by atoms with Crippen molar-refractivity contribution in [2.24, 2.45) is 5.16 Å². The quantitative estimate of drug-likeness (QED) is 0.103. The van der Waals surface area contributed by atoms with Crippen molar-refractivity contribution in [3.63, 3.8) is 0 Å². The number of carbonyl (C=O) groups is 3. The Morgan fingerprint density at radius 3 is 2.40 bits per heavy atom. The first-order valence-corrected chi connectivity index (χ1v) is 9.81. The molecule has 0 bridgehead atoms. The third kappa shape index (κ3) is 6.99. The number of aliphatic carboxylic acids is 1. The van der Waals surface area contributed by atoms with E-state index in [1.165, 1.54) is 26.2 Å². The largest absolute Gasteiger partial charge is 1.00 e. The van der Waals surface area contributed by atoms with E-state index in [2.05, 4.69) is 15.5 Å². The zero-order chi connectivity index (χ0) is 21.4. The van der Waals surface area contributed by atoms with E-state index in [0.29, 0.717) is 0 Å². The summed E-state index contributed by atoms with van der Waals surface area (Å²) in [5, 5.41) is 16.3. The molecule has 2 atom stereocenters. The van der Waals surface area contributed by atoms with Gasteiger partial charge < -0.3 is 25.5 Å². The molecule has 0 unspecified atom stereocenters. The van der Waals surface area contributed by atoms with Crippen LogP contribution >= 0.6 is 11.3 Å². The average molecular weight is 513 g/mol. The van der Waals surface area contributed by atoms with Gasteiger partial charge in [0.15, 0.2) is 21.1 Å². The van der Waals surface area contributed by atoms with Gasteiger partial charge in [0, 0.05) is 5.38 Å². The predicted molar refractivity (Wildman–Crippen MR) is 93.8 cm³/mol. The van der Waals surface area contributed by atoms with Gasteiger partial charge in [-0.15, -0.1) is 11.3 Å². The first-order chi connectivity index (χ1) is 12.8. The molecule has 1 aliphatic heterocycles. The summed E-state index contributed by atoms with van der Waals surface area (Å²) in [7, 11) is -5.01. The molecule has 30 heavy (non-hydrogen) atoms. The number of amides is 2. The Kier molecular flexibility index (Phi) is 11.8. The molecule has 1 aromatic heterocycles. The summed E-state index contributed by atoms with van der Waals surface area (Å²) < 4.78 is 33.1. The number of carboxylic acid groups (broad SMARTS) is 1. The fourth-order valence-corrected chi connectivity index (χ4v) is 3.51. The van der Waals surface area contributed by atoms with Gasteiger partial charge in [0.05, 0.1) is 6.04 Å². The number of thiazole rings is 1. The second-order valence-electron chi connectivity index (χ2n) is 6.20. The number of nitrogens with one attached hydrogen (secondary N) is 1. The topological polar surface area (TPSA) is 204 Å². The van der Waals surface area contributed by atoms with Gasteiger partial charge in [0.2, 0.25) is 5.60 Å². The van der Waals surface area contributed by atoms with E-state index in [0.717, 1.165) is 11.3 Å². The second kappa shape index (κ2) is 11.6. The Bertz CT molecular complexity index is 964. The van der Waals surface area contributed by atoms with Crippen LogP contribution in [0.1, 0.15) is 26.5 Å². The molecule has 4 N–H and O–H groups in total. The predicted octanol–water partition coefficient (Wildman–Crippen LogP) is -7.51. The second-order valence-corrected chi connectivity index (χ2v) is 8.34. The van der Waals surface area contributed by atoms with Crippen molar-refractivity contribution in [1.82, 2.24) is 14.6 Å². The van der Waals surface area contributed by atoms with Crippen molar-refractivity contribution in [1.29, 1.82) is 0 Å². The monoisotopic (exact) mass is 512 g/mol. The first-order valence-electron chi connectivity index (χ1n) is 7.56. The molecule has 1 fully saturated rings. The van der Waals surface area contributed by atoms with E-state index in [1.54, 1.807) is 0 Å². The van der Waals surface area contributed by atoms with Crippen LogP contribution in [0, 0.1) is 0 Å². The van der Waals surface area contributed by atoms with Crippen molar-refractivity contribution < 1.29 is 140 Å². The number of anilines is 1. The van der Waals surface area contributed by atoms with Gasteiger partial charge in [-0.25, -0.2) is 22.5 Å². The summed E-state index contributed by atoms with van der Waals surface area (Å²) >= 11 is 0.971. The molecule has 154 valence electrons. The molecule has 13 nitrogen and oxygen atoms in total. The van der Waals surface area contributed by atoms with Gasteiger partial charge in [-0.3, -0.25) is 9.59 Å². The fourth-order valence-electron chi connectivity index (χ4n) is 2.10. The molecular formula is C13H16K2N5O8S2+. The van der Waals surface area contributed by atoms with Crippen LogP contribution in [0.2, 0.25) is 0 Å². The number of hydrogen-bond donors (Lipinski definition) is 3. The zero-order valence-electron chi connectivity index (χ0n) is 16.8. The van der Waals surface area contributed by atoms with Crippen LogP contribution < -0.4 is 114 Å². The van der Waals surface area contributed by atoms with Crippen molar-refractivity contribution in [3.05, 3.63) is 11.1 Å². The fraction of sp³-hybridized carbons (Fsp3) is 0.462. The maximum Gasteiger partial charge on any atom is 1.00 e. The van der Waals surface area contributed by atoms with Crippen LogP contribution in [0.5, 0.6) is 0 Å². The molecular weight excluding hydrogens is 497 g/mol. The molecule has 0 saturated carbocycles. The number of β-lactam (4-membered cyclic amide) rings is 1. The maximum absolute atomic E-state index is 12.5. The number of aromatic nitrogens is 1. The van der Waals surface area contributed by atoms with Crippen LogP contribution in [0.4, 0.5) is 5.13 Å². The van der Waals surface area contributed by atoms with E-state index in [-0.39, 0.29) is 118 Å². The zero-order valence-corrected chi connectivity index (χ0v) is 24.7. The van der Waals surface area contributed by atoms with Crippen molar-refractivity contribution >= 4 is 50.3 Å². The van der Waals surface area contributed by atoms with Gasteiger partial charge >= 0.3 is 109 Å². The summed E-state index contributed by atoms with van der Waals surface area (Å²) in [4.78, 5) is 44.3. The normalized spacial score (nSPS) is 19.1. The van der Waals surface area contributed by atoms with Gasteiger partial charge in [-0.2, -0.15) is 0 Å². The van der Waals surface area contributed by atoms with Crippen LogP contribution in [0.15, 0.2) is 10.5 Å². The number of nitrogens with two attached hydrogens (primary N) is 1. The van der Waals surface area contributed by atoms with Crippen LogP contribution in [0.3, 0.4) is 0 Å². The molecule has 0 aliphatic carbocycles. The molecule has 0 radical (unpaired) electrons. The maximum atomic E-state index is 12.5. The van der Waals surface area contributed by atoms with Crippen molar-refractivity contribution in [2.45, 2.75) is 38.5 Å². The van der Waals surface area contributed by atoms with E-state index >= 15 is 0 Å². The summed E-state index contributed by atoms with van der Waals surface area (Å²) in [5.41, 5.74) is 3.21. The Hall–Kier alpha value is 0.493. The molecule has 2 rings (SSSR count). The van der Waals surface area contributed by atoms with Crippen LogP contribution in [-0.2, 0) is 29.5 Å². The summed E-state index contributed by atoms with van der Waals surface area (Å²) in [5.74, 6) is -3.47. The van der Waals surface area contributed by atoms with Gasteiger partial charge in [0.1, 0.15) is 11.7 Å². The minimum Gasteiger partial charge on any atom is -0.731 e. The molecule has 1 aromatic rings. The van der Waals surface area contributed by atoms with Crippen molar-refractivity contribution in [3.8, 4) is 0 Å². The number of carboxylic acids is 1.